The van der Waals surface area contributed by atoms with Gasteiger partial charge < -0.3 is 5.32 Å². The molecule has 1 nitrogen and oxygen atoms in total. The molecule has 0 saturated heterocycles. The molecule has 0 aliphatic heterocycles. The van der Waals surface area contributed by atoms with Crippen LogP contribution in [0.1, 0.15) is 52.1 Å². The standard InChI is InChI=1S/C16H26ClNS/c1-5-9-18-13(4)14-6-7-16(15(17)11-14)19-10-8-12(2)3/h6-7,11-13,18H,5,8-10H2,1-4H3. The van der Waals surface area contributed by atoms with E-state index < -0.39 is 0 Å². The zero-order chi connectivity index (χ0) is 14.3. The van der Waals surface area contributed by atoms with E-state index in [4.69, 9.17) is 11.6 Å². The average Bonchev–Trinajstić information content (AvgIpc) is 2.37. The molecule has 0 radical (unpaired) electrons. The minimum atomic E-state index is 0.368. The van der Waals surface area contributed by atoms with Crippen LogP contribution in [0.15, 0.2) is 23.1 Å². The minimum absolute atomic E-state index is 0.368. The lowest BCUT2D eigenvalue weighted by atomic mass is 10.1. The molecule has 1 N–H and O–H groups in total. The highest BCUT2D eigenvalue weighted by Crippen LogP contribution is 2.30. The van der Waals surface area contributed by atoms with E-state index in [2.05, 4.69) is 51.2 Å². The van der Waals surface area contributed by atoms with Gasteiger partial charge in [0.05, 0.1) is 5.02 Å². The molecule has 0 heterocycles. The summed E-state index contributed by atoms with van der Waals surface area (Å²) >= 11 is 8.24. The number of hydrogen-bond donors (Lipinski definition) is 1. The van der Waals surface area contributed by atoms with E-state index >= 15 is 0 Å². The van der Waals surface area contributed by atoms with Crippen molar-refractivity contribution in [3.8, 4) is 0 Å². The number of nitrogens with one attached hydrogen (secondary N) is 1. The topological polar surface area (TPSA) is 12.0 Å². The molecule has 0 aromatic heterocycles. The maximum atomic E-state index is 6.37. The van der Waals surface area contributed by atoms with Crippen molar-refractivity contribution in [2.24, 2.45) is 5.92 Å². The number of hydrogen-bond acceptors (Lipinski definition) is 2. The van der Waals surface area contributed by atoms with Crippen molar-refractivity contribution >= 4 is 23.4 Å². The summed E-state index contributed by atoms with van der Waals surface area (Å²) in [4.78, 5) is 1.20. The summed E-state index contributed by atoms with van der Waals surface area (Å²) in [6, 6.07) is 6.82. The Kier molecular flexibility index (Phi) is 7.89. The van der Waals surface area contributed by atoms with Crippen molar-refractivity contribution in [1.29, 1.82) is 0 Å². The van der Waals surface area contributed by atoms with Gasteiger partial charge in [0.25, 0.3) is 0 Å². The van der Waals surface area contributed by atoms with Gasteiger partial charge >= 0.3 is 0 Å². The fourth-order valence-corrected chi connectivity index (χ4v) is 3.31. The molecule has 1 rings (SSSR count). The molecule has 1 unspecified atom stereocenters. The maximum absolute atomic E-state index is 6.37. The second-order valence-corrected chi connectivity index (χ2v) is 6.94. The molecule has 1 atom stereocenters. The first kappa shape index (κ1) is 16.9. The van der Waals surface area contributed by atoms with Crippen molar-refractivity contribution < 1.29 is 0 Å². The highest BCUT2D eigenvalue weighted by Gasteiger charge is 2.08. The van der Waals surface area contributed by atoms with Crippen LogP contribution in [0, 0.1) is 5.92 Å². The first-order valence-electron chi connectivity index (χ1n) is 7.20. The van der Waals surface area contributed by atoms with Gasteiger partial charge in [0.15, 0.2) is 0 Å². The third kappa shape index (κ3) is 6.20. The van der Waals surface area contributed by atoms with Gasteiger partial charge in [-0.05, 0) is 55.7 Å². The largest absolute Gasteiger partial charge is 0.310 e. The van der Waals surface area contributed by atoms with Crippen molar-refractivity contribution in [3.63, 3.8) is 0 Å². The summed E-state index contributed by atoms with van der Waals surface area (Å²) < 4.78 is 0. The van der Waals surface area contributed by atoms with E-state index in [9.17, 15) is 0 Å². The Morgan fingerprint density at radius 2 is 2.00 bits per heavy atom. The summed E-state index contributed by atoms with van der Waals surface area (Å²) in [7, 11) is 0. The Morgan fingerprint density at radius 1 is 1.26 bits per heavy atom. The fraction of sp³-hybridized carbons (Fsp3) is 0.625. The van der Waals surface area contributed by atoms with Crippen molar-refractivity contribution in [3.05, 3.63) is 28.8 Å². The van der Waals surface area contributed by atoms with E-state index in [1.54, 1.807) is 0 Å². The van der Waals surface area contributed by atoms with Crippen LogP contribution in [-0.2, 0) is 0 Å². The van der Waals surface area contributed by atoms with Gasteiger partial charge in [-0.2, -0.15) is 0 Å². The molecule has 0 bridgehead atoms. The molecule has 0 fully saturated rings. The third-order valence-electron chi connectivity index (χ3n) is 3.11. The Labute approximate surface area is 127 Å². The Morgan fingerprint density at radius 3 is 2.58 bits per heavy atom. The van der Waals surface area contributed by atoms with Gasteiger partial charge in [-0.1, -0.05) is 38.4 Å². The van der Waals surface area contributed by atoms with Gasteiger partial charge in [-0.3, -0.25) is 0 Å². The number of halogens is 1. The minimum Gasteiger partial charge on any atom is -0.310 e. The molecule has 0 aliphatic rings. The van der Waals surface area contributed by atoms with Crippen LogP contribution in [0.5, 0.6) is 0 Å². The lowest BCUT2D eigenvalue weighted by Gasteiger charge is -2.15. The predicted molar refractivity (Wildman–Crippen MR) is 88.3 cm³/mol. The van der Waals surface area contributed by atoms with Crippen LogP contribution in [0.25, 0.3) is 0 Å². The van der Waals surface area contributed by atoms with E-state index in [1.807, 2.05) is 11.8 Å². The molecule has 1 aromatic rings. The zero-order valence-electron chi connectivity index (χ0n) is 12.5. The smallest absolute Gasteiger partial charge is 0.0545 e. The first-order chi connectivity index (χ1) is 9.04. The Balaban J connectivity index is 2.58. The van der Waals surface area contributed by atoms with Crippen LogP contribution in [0.2, 0.25) is 5.02 Å². The quantitative estimate of drug-likeness (QED) is 0.633. The van der Waals surface area contributed by atoms with E-state index in [1.165, 1.54) is 16.9 Å². The fourth-order valence-electron chi connectivity index (χ4n) is 1.79. The molecule has 0 aliphatic carbocycles. The third-order valence-corrected chi connectivity index (χ3v) is 4.64. The lowest BCUT2D eigenvalue weighted by molar-refractivity contribution is 0.570. The van der Waals surface area contributed by atoms with Gasteiger partial charge in [-0.25, -0.2) is 0 Å². The number of thioether (sulfide) groups is 1. The molecule has 0 spiro atoms. The van der Waals surface area contributed by atoms with E-state index in [0.717, 1.165) is 29.7 Å². The van der Waals surface area contributed by atoms with Crippen LogP contribution in [0.3, 0.4) is 0 Å². The van der Waals surface area contributed by atoms with Crippen molar-refractivity contribution in [1.82, 2.24) is 5.32 Å². The van der Waals surface area contributed by atoms with Gasteiger partial charge in [0.2, 0.25) is 0 Å². The molecular weight excluding hydrogens is 274 g/mol. The first-order valence-corrected chi connectivity index (χ1v) is 8.56. The molecule has 108 valence electrons. The highest BCUT2D eigenvalue weighted by molar-refractivity contribution is 7.99. The van der Waals surface area contributed by atoms with Crippen molar-refractivity contribution in [2.75, 3.05) is 12.3 Å². The summed E-state index contributed by atoms with van der Waals surface area (Å²) in [6.45, 7) is 9.93. The second-order valence-electron chi connectivity index (χ2n) is 5.40. The Hall–Kier alpha value is -0.180. The Bertz CT molecular complexity index is 379. The summed E-state index contributed by atoms with van der Waals surface area (Å²) in [6.07, 6.45) is 2.39. The molecule has 19 heavy (non-hydrogen) atoms. The summed E-state index contributed by atoms with van der Waals surface area (Å²) in [5, 5.41) is 4.37. The maximum Gasteiger partial charge on any atom is 0.0545 e. The number of benzene rings is 1. The van der Waals surface area contributed by atoms with Gasteiger partial charge in [-0.15, -0.1) is 11.8 Å². The molecule has 0 saturated carbocycles. The zero-order valence-corrected chi connectivity index (χ0v) is 14.1. The molecular formula is C16H26ClNS. The SMILES string of the molecule is CCCNC(C)c1ccc(SCCC(C)C)c(Cl)c1. The van der Waals surface area contributed by atoms with Crippen LogP contribution in [-0.4, -0.2) is 12.3 Å². The molecule has 3 heteroatoms. The van der Waals surface area contributed by atoms with E-state index in [-0.39, 0.29) is 0 Å². The summed E-state index contributed by atoms with van der Waals surface area (Å²) in [5.41, 5.74) is 1.27. The monoisotopic (exact) mass is 299 g/mol. The molecule has 1 aromatic carbocycles. The molecule has 0 amide bonds. The normalized spacial score (nSPS) is 12.9. The van der Waals surface area contributed by atoms with Crippen LogP contribution < -0.4 is 5.32 Å². The number of rotatable bonds is 8. The van der Waals surface area contributed by atoms with Gasteiger partial charge in [0, 0.05) is 10.9 Å². The van der Waals surface area contributed by atoms with Crippen LogP contribution in [0.4, 0.5) is 0 Å². The van der Waals surface area contributed by atoms with E-state index in [0.29, 0.717) is 6.04 Å². The van der Waals surface area contributed by atoms with Crippen molar-refractivity contribution in [2.45, 2.75) is 51.5 Å². The van der Waals surface area contributed by atoms with Gasteiger partial charge in [0.1, 0.15) is 0 Å². The van der Waals surface area contributed by atoms with Crippen LogP contribution >= 0.6 is 23.4 Å². The lowest BCUT2D eigenvalue weighted by Crippen LogP contribution is -2.19. The highest BCUT2D eigenvalue weighted by atomic mass is 35.5. The average molecular weight is 300 g/mol. The summed E-state index contributed by atoms with van der Waals surface area (Å²) in [5.74, 6) is 1.89. The second kappa shape index (κ2) is 8.89. The predicted octanol–water partition coefficient (Wildman–Crippen LogP) is 5.54.